The van der Waals surface area contributed by atoms with E-state index >= 15 is 0 Å². The van der Waals surface area contributed by atoms with Crippen molar-refractivity contribution in [1.29, 1.82) is 0 Å². The highest BCUT2D eigenvalue weighted by atomic mass is 32.1. The highest BCUT2D eigenvalue weighted by Crippen LogP contribution is 2.38. The first-order valence-electron chi connectivity index (χ1n) is 7.60. The van der Waals surface area contributed by atoms with E-state index in [2.05, 4.69) is 15.3 Å². The minimum absolute atomic E-state index is 0.0807. The highest BCUT2D eigenvalue weighted by Gasteiger charge is 2.34. The van der Waals surface area contributed by atoms with Crippen LogP contribution in [0.5, 0.6) is 0 Å². The van der Waals surface area contributed by atoms with Crippen LogP contribution in [0.4, 0.5) is 18.9 Å². The van der Waals surface area contributed by atoms with Crippen LogP contribution in [0.25, 0.3) is 10.2 Å². The van der Waals surface area contributed by atoms with Crippen molar-refractivity contribution in [3.8, 4) is 0 Å². The minimum Gasteiger partial charge on any atom is -0.350 e. The lowest BCUT2D eigenvalue weighted by atomic mass is 10.2. The molecule has 0 atom stereocenters. The number of non-ortho nitro benzene ring substituents is 1. The smallest absolute Gasteiger partial charge is 0.350 e. The Morgan fingerprint density at radius 1 is 1.30 bits per heavy atom. The molecule has 0 aliphatic heterocycles. The van der Waals surface area contributed by atoms with Gasteiger partial charge in [0, 0.05) is 30.9 Å². The Hall–Kier alpha value is -3.08. The molecule has 1 N–H and O–H groups in total. The van der Waals surface area contributed by atoms with Crippen molar-refractivity contribution in [3.05, 3.63) is 62.9 Å². The van der Waals surface area contributed by atoms with Gasteiger partial charge in [0.25, 0.3) is 11.6 Å². The number of carbonyl (C=O) groups excluding carboxylic acids is 1. The summed E-state index contributed by atoms with van der Waals surface area (Å²) >= 11 is 0.678. The molecule has 0 saturated carbocycles. The summed E-state index contributed by atoms with van der Waals surface area (Å²) in [5, 5.41) is 13.5. The average Bonchev–Trinajstić information content (AvgIpc) is 3.05. The number of hydrogen-bond donors (Lipinski definition) is 1. The second-order valence-corrected chi connectivity index (χ2v) is 6.44. The molecule has 1 amide bonds. The standard InChI is InChI=1S/C16H11F3N4O3S/c17-16(18,19)9-7-11-13(12(8-9)23(25)26)27-15(22-11)14(24)21-6-4-10-3-1-2-5-20-10/h1-3,5,7-8H,4,6H2,(H,21,24). The Kier molecular flexibility index (Phi) is 5.04. The molecule has 11 heteroatoms. The third-order valence-corrected chi connectivity index (χ3v) is 4.67. The number of aromatic nitrogens is 2. The fourth-order valence-electron chi connectivity index (χ4n) is 2.34. The predicted octanol–water partition coefficient (Wildman–Crippen LogP) is 3.59. The predicted molar refractivity (Wildman–Crippen MR) is 91.6 cm³/mol. The molecule has 2 aromatic heterocycles. The average molecular weight is 396 g/mol. The number of hydrogen-bond acceptors (Lipinski definition) is 6. The zero-order valence-corrected chi connectivity index (χ0v) is 14.3. The largest absolute Gasteiger partial charge is 0.416 e. The molecule has 0 aliphatic rings. The van der Waals surface area contributed by atoms with Crippen molar-refractivity contribution in [2.45, 2.75) is 12.6 Å². The van der Waals surface area contributed by atoms with Gasteiger partial charge in [-0.3, -0.25) is 19.9 Å². The Labute approximate surface area is 154 Å². The number of nitrogens with zero attached hydrogens (tertiary/aromatic N) is 3. The summed E-state index contributed by atoms with van der Waals surface area (Å²) < 4.78 is 38.7. The number of nitro benzene ring substituents is 1. The zero-order valence-electron chi connectivity index (χ0n) is 13.5. The van der Waals surface area contributed by atoms with Crippen LogP contribution < -0.4 is 5.32 Å². The molecule has 2 heterocycles. The maximum Gasteiger partial charge on any atom is 0.416 e. The van der Waals surface area contributed by atoms with E-state index in [1.165, 1.54) is 0 Å². The lowest BCUT2D eigenvalue weighted by Crippen LogP contribution is -2.25. The van der Waals surface area contributed by atoms with Crippen LogP contribution in [-0.4, -0.2) is 27.3 Å². The van der Waals surface area contributed by atoms with Crippen LogP contribution in [-0.2, 0) is 12.6 Å². The van der Waals surface area contributed by atoms with E-state index in [-0.39, 0.29) is 21.8 Å². The molecule has 3 rings (SSSR count). The molecule has 7 nitrogen and oxygen atoms in total. The fraction of sp³-hybridized carbons (Fsp3) is 0.188. The molecule has 0 fully saturated rings. The first-order chi connectivity index (χ1) is 12.8. The molecule has 0 saturated heterocycles. The van der Waals surface area contributed by atoms with Crippen molar-refractivity contribution >= 4 is 33.1 Å². The van der Waals surface area contributed by atoms with Gasteiger partial charge in [-0.15, -0.1) is 11.3 Å². The van der Waals surface area contributed by atoms with E-state index in [0.717, 1.165) is 5.69 Å². The lowest BCUT2D eigenvalue weighted by molar-refractivity contribution is -0.383. The quantitative estimate of drug-likeness (QED) is 0.525. The number of nitrogens with one attached hydrogen (secondary N) is 1. The summed E-state index contributed by atoms with van der Waals surface area (Å²) in [5.41, 5.74) is -1.40. The fourth-order valence-corrected chi connectivity index (χ4v) is 3.29. The number of halogens is 3. The van der Waals surface area contributed by atoms with E-state index in [9.17, 15) is 28.1 Å². The van der Waals surface area contributed by atoms with E-state index < -0.39 is 28.3 Å². The number of amides is 1. The Morgan fingerprint density at radius 2 is 2.07 bits per heavy atom. The first-order valence-corrected chi connectivity index (χ1v) is 8.41. The lowest BCUT2D eigenvalue weighted by Gasteiger charge is -2.05. The van der Waals surface area contributed by atoms with Gasteiger partial charge in [0.05, 0.1) is 16.0 Å². The SMILES string of the molecule is O=C(NCCc1ccccn1)c1nc2cc(C(F)(F)F)cc([N+](=O)[O-])c2s1. The van der Waals surface area contributed by atoms with Crippen molar-refractivity contribution in [3.63, 3.8) is 0 Å². The molecule has 0 spiro atoms. The Bertz CT molecular complexity index is 1010. The van der Waals surface area contributed by atoms with Gasteiger partial charge in [-0.05, 0) is 18.2 Å². The summed E-state index contributed by atoms with van der Waals surface area (Å²) in [6.07, 6.45) is -2.69. The van der Waals surface area contributed by atoms with Crippen molar-refractivity contribution < 1.29 is 22.9 Å². The summed E-state index contributed by atoms with van der Waals surface area (Å²) in [6.45, 7) is 0.238. The number of thiazole rings is 1. The second kappa shape index (κ2) is 7.27. The van der Waals surface area contributed by atoms with Gasteiger partial charge in [-0.2, -0.15) is 13.2 Å². The number of benzene rings is 1. The molecule has 140 valence electrons. The molecule has 27 heavy (non-hydrogen) atoms. The maximum atomic E-state index is 12.9. The van der Waals surface area contributed by atoms with Crippen LogP contribution in [0.3, 0.4) is 0 Å². The zero-order chi connectivity index (χ0) is 19.6. The number of carbonyl (C=O) groups is 1. The van der Waals surface area contributed by atoms with Crippen LogP contribution >= 0.6 is 11.3 Å². The van der Waals surface area contributed by atoms with Gasteiger partial charge >= 0.3 is 6.18 Å². The van der Waals surface area contributed by atoms with Crippen molar-refractivity contribution in [2.75, 3.05) is 6.54 Å². The van der Waals surface area contributed by atoms with Crippen LogP contribution in [0.2, 0.25) is 0 Å². The number of pyridine rings is 1. The Morgan fingerprint density at radius 3 is 2.70 bits per heavy atom. The molecule has 3 aromatic rings. The van der Waals surface area contributed by atoms with Gasteiger partial charge in [0.1, 0.15) is 4.70 Å². The molecule has 0 radical (unpaired) electrons. The molecule has 0 unspecified atom stereocenters. The van der Waals surface area contributed by atoms with Gasteiger partial charge < -0.3 is 5.32 Å². The number of nitro groups is 1. The van der Waals surface area contributed by atoms with Gasteiger partial charge in [-0.25, -0.2) is 4.98 Å². The van der Waals surface area contributed by atoms with Crippen LogP contribution in [0, 0.1) is 10.1 Å². The maximum absolute atomic E-state index is 12.9. The second-order valence-electron chi connectivity index (χ2n) is 5.44. The van der Waals surface area contributed by atoms with Crippen molar-refractivity contribution in [1.82, 2.24) is 15.3 Å². The summed E-state index contributed by atoms with van der Waals surface area (Å²) in [6, 6.07) is 6.49. The topological polar surface area (TPSA) is 98.0 Å². The summed E-state index contributed by atoms with van der Waals surface area (Å²) in [4.78, 5) is 30.3. The molecule has 0 bridgehead atoms. The third-order valence-electron chi connectivity index (χ3n) is 3.58. The van der Waals surface area contributed by atoms with Gasteiger partial charge in [0.15, 0.2) is 5.01 Å². The molecule has 0 aliphatic carbocycles. The van der Waals surface area contributed by atoms with Gasteiger partial charge in [-0.1, -0.05) is 6.07 Å². The molecule has 1 aromatic carbocycles. The number of fused-ring (bicyclic) bond motifs is 1. The van der Waals surface area contributed by atoms with Crippen LogP contribution in [0.1, 0.15) is 21.1 Å². The van der Waals surface area contributed by atoms with E-state index in [1.54, 1.807) is 24.4 Å². The van der Waals surface area contributed by atoms with E-state index in [0.29, 0.717) is 29.9 Å². The third kappa shape index (κ3) is 4.19. The van der Waals surface area contributed by atoms with E-state index in [4.69, 9.17) is 0 Å². The monoisotopic (exact) mass is 396 g/mol. The first kappa shape index (κ1) is 18.7. The summed E-state index contributed by atoms with van der Waals surface area (Å²) in [7, 11) is 0. The number of rotatable bonds is 5. The minimum atomic E-state index is -4.76. The normalized spacial score (nSPS) is 11.5. The summed E-state index contributed by atoms with van der Waals surface area (Å²) in [5.74, 6) is -0.616. The molecular formula is C16H11F3N4O3S. The highest BCUT2D eigenvalue weighted by molar-refractivity contribution is 7.20. The van der Waals surface area contributed by atoms with E-state index in [1.807, 2.05) is 0 Å². The number of alkyl halides is 3. The molecular weight excluding hydrogens is 385 g/mol. The van der Waals surface area contributed by atoms with Crippen molar-refractivity contribution in [2.24, 2.45) is 0 Å². The van der Waals surface area contributed by atoms with Crippen LogP contribution in [0.15, 0.2) is 36.5 Å². The Balaban J connectivity index is 1.83. The van der Waals surface area contributed by atoms with Gasteiger partial charge in [0.2, 0.25) is 0 Å².